The fraction of sp³-hybridized carbons (Fsp3) is 0.429. The maximum atomic E-state index is 12.1. The van der Waals surface area contributed by atoms with Crippen molar-refractivity contribution < 1.29 is 14.7 Å². The molecule has 0 saturated heterocycles. The standard InChI is InChI=1S/C14H18N2O3S/c1-20-11-7-3-2-6-10(11)15-13(19)16-14(12(17)18)8-4-5-9-14/h2-3,6-7H,4-5,8-9H2,1H3,(H,17,18)(H2,15,16,19). The maximum absolute atomic E-state index is 12.1. The van der Waals surface area contributed by atoms with E-state index < -0.39 is 17.5 Å². The van der Waals surface area contributed by atoms with E-state index in [9.17, 15) is 14.7 Å². The normalized spacial score (nSPS) is 16.6. The van der Waals surface area contributed by atoms with Crippen LogP contribution in [-0.4, -0.2) is 28.9 Å². The zero-order chi connectivity index (χ0) is 14.6. The zero-order valence-corrected chi connectivity index (χ0v) is 12.1. The molecule has 0 radical (unpaired) electrons. The van der Waals surface area contributed by atoms with Gasteiger partial charge in [-0.25, -0.2) is 9.59 Å². The summed E-state index contributed by atoms with van der Waals surface area (Å²) in [6, 6.07) is 6.97. The molecule has 2 rings (SSSR count). The highest BCUT2D eigenvalue weighted by molar-refractivity contribution is 7.98. The van der Waals surface area contributed by atoms with Crippen molar-refractivity contribution in [1.82, 2.24) is 5.32 Å². The van der Waals surface area contributed by atoms with E-state index in [1.807, 2.05) is 24.5 Å². The molecule has 0 heterocycles. The Morgan fingerprint density at radius 2 is 1.90 bits per heavy atom. The maximum Gasteiger partial charge on any atom is 0.329 e. The number of hydrogen-bond donors (Lipinski definition) is 3. The zero-order valence-electron chi connectivity index (χ0n) is 11.3. The van der Waals surface area contributed by atoms with Crippen molar-refractivity contribution in [3.8, 4) is 0 Å². The molecule has 1 aromatic carbocycles. The second-order valence-corrected chi connectivity index (χ2v) is 5.72. The number of thioether (sulfide) groups is 1. The Labute approximate surface area is 122 Å². The van der Waals surface area contributed by atoms with Gasteiger partial charge in [-0.2, -0.15) is 0 Å². The van der Waals surface area contributed by atoms with E-state index in [1.165, 1.54) is 11.8 Å². The quantitative estimate of drug-likeness (QED) is 0.746. The first-order valence-electron chi connectivity index (χ1n) is 6.53. The fourth-order valence-electron chi connectivity index (χ4n) is 2.49. The molecule has 0 spiro atoms. The van der Waals surface area contributed by atoms with E-state index in [4.69, 9.17) is 0 Å². The number of anilines is 1. The number of urea groups is 1. The van der Waals surface area contributed by atoms with E-state index in [-0.39, 0.29) is 0 Å². The summed E-state index contributed by atoms with van der Waals surface area (Å²) in [6.07, 6.45) is 4.55. The Morgan fingerprint density at radius 1 is 1.25 bits per heavy atom. The number of amides is 2. The minimum Gasteiger partial charge on any atom is -0.480 e. The second kappa shape index (κ2) is 6.17. The lowest BCUT2D eigenvalue weighted by atomic mass is 9.98. The van der Waals surface area contributed by atoms with Crippen molar-refractivity contribution in [2.45, 2.75) is 36.1 Å². The van der Waals surface area contributed by atoms with E-state index in [0.717, 1.165) is 17.7 Å². The third kappa shape index (κ3) is 3.07. The Kier molecular flexibility index (Phi) is 4.54. The molecule has 2 amide bonds. The van der Waals surface area contributed by atoms with Gasteiger partial charge in [0.25, 0.3) is 0 Å². The summed E-state index contributed by atoms with van der Waals surface area (Å²) in [7, 11) is 0. The first-order valence-corrected chi connectivity index (χ1v) is 7.75. The van der Waals surface area contributed by atoms with Crippen LogP contribution in [0.15, 0.2) is 29.2 Å². The lowest BCUT2D eigenvalue weighted by molar-refractivity contribution is -0.144. The van der Waals surface area contributed by atoms with Gasteiger partial charge in [-0.05, 0) is 31.2 Å². The van der Waals surface area contributed by atoms with Gasteiger partial charge in [0.2, 0.25) is 0 Å². The number of carbonyl (C=O) groups is 2. The SMILES string of the molecule is CSc1ccccc1NC(=O)NC1(C(=O)O)CCCC1. The largest absolute Gasteiger partial charge is 0.480 e. The van der Waals surface area contributed by atoms with Gasteiger partial charge in [0.15, 0.2) is 0 Å². The van der Waals surface area contributed by atoms with Crippen LogP contribution in [0.5, 0.6) is 0 Å². The van der Waals surface area contributed by atoms with E-state index >= 15 is 0 Å². The number of carbonyl (C=O) groups excluding carboxylic acids is 1. The number of carboxylic acids is 1. The molecule has 3 N–H and O–H groups in total. The summed E-state index contributed by atoms with van der Waals surface area (Å²) in [5.41, 5.74) is -0.422. The predicted molar refractivity (Wildman–Crippen MR) is 79.2 cm³/mol. The second-order valence-electron chi connectivity index (χ2n) is 4.87. The van der Waals surface area contributed by atoms with Gasteiger partial charge in [-0.1, -0.05) is 25.0 Å². The average molecular weight is 294 g/mol. The molecule has 20 heavy (non-hydrogen) atoms. The highest BCUT2D eigenvalue weighted by Crippen LogP contribution is 2.30. The molecule has 6 heteroatoms. The van der Waals surface area contributed by atoms with Crippen molar-refractivity contribution in [3.05, 3.63) is 24.3 Å². The lowest BCUT2D eigenvalue weighted by Crippen LogP contribution is -2.53. The van der Waals surface area contributed by atoms with Crippen LogP contribution >= 0.6 is 11.8 Å². The van der Waals surface area contributed by atoms with Crippen molar-refractivity contribution in [2.75, 3.05) is 11.6 Å². The van der Waals surface area contributed by atoms with Crippen LogP contribution in [0.25, 0.3) is 0 Å². The van der Waals surface area contributed by atoms with Crippen LogP contribution < -0.4 is 10.6 Å². The summed E-state index contributed by atoms with van der Waals surface area (Å²) in [4.78, 5) is 24.4. The molecule has 1 saturated carbocycles. The van der Waals surface area contributed by atoms with E-state index in [2.05, 4.69) is 10.6 Å². The molecule has 5 nitrogen and oxygen atoms in total. The number of hydrogen-bond acceptors (Lipinski definition) is 3. The van der Waals surface area contributed by atoms with Gasteiger partial charge in [-0.15, -0.1) is 11.8 Å². The first kappa shape index (κ1) is 14.7. The Balaban J connectivity index is 2.07. The predicted octanol–water partition coefficient (Wildman–Crippen LogP) is 2.93. The number of rotatable bonds is 4. The molecule has 0 bridgehead atoms. The van der Waals surface area contributed by atoms with E-state index in [0.29, 0.717) is 18.5 Å². The Bertz CT molecular complexity index is 513. The van der Waals surface area contributed by atoms with E-state index in [1.54, 1.807) is 6.07 Å². The number of aliphatic carboxylic acids is 1. The Hall–Kier alpha value is -1.69. The monoisotopic (exact) mass is 294 g/mol. The molecule has 0 atom stereocenters. The van der Waals surface area contributed by atoms with Gasteiger partial charge in [0, 0.05) is 4.90 Å². The lowest BCUT2D eigenvalue weighted by Gasteiger charge is -2.25. The molecule has 0 aliphatic heterocycles. The van der Waals surface area contributed by atoms with Gasteiger partial charge < -0.3 is 15.7 Å². The summed E-state index contributed by atoms with van der Waals surface area (Å²) in [5.74, 6) is -0.955. The number of carboxylic acid groups (broad SMARTS) is 1. The molecule has 0 unspecified atom stereocenters. The third-order valence-electron chi connectivity index (χ3n) is 3.57. The van der Waals surface area contributed by atoms with Crippen LogP contribution in [0.3, 0.4) is 0 Å². The highest BCUT2D eigenvalue weighted by atomic mass is 32.2. The molecular formula is C14H18N2O3S. The number of benzene rings is 1. The summed E-state index contributed by atoms with van der Waals surface area (Å²) >= 11 is 1.53. The van der Waals surface area contributed by atoms with Crippen LogP contribution in [0.1, 0.15) is 25.7 Å². The summed E-state index contributed by atoms with van der Waals surface area (Å²) in [5, 5.41) is 14.7. The molecule has 0 aromatic heterocycles. The third-order valence-corrected chi connectivity index (χ3v) is 4.37. The van der Waals surface area contributed by atoms with Crippen LogP contribution in [0.2, 0.25) is 0 Å². The minimum absolute atomic E-state index is 0.462. The highest BCUT2D eigenvalue weighted by Gasteiger charge is 2.42. The topological polar surface area (TPSA) is 78.4 Å². The van der Waals surface area contributed by atoms with Crippen molar-refractivity contribution >= 4 is 29.4 Å². The molecular weight excluding hydrogens is 276 g/mol. The smallest absolute Gasteiger partial charge is 0.329 e. The molecule has 1 aliphatic carbocycles. The van der Waals surface area contributed by atoms with Gasteiger partial charge in [-0.3, -0.25) is 0 Å². The van der Waals surface area contributed by atoms with Crippen LogP contribution in [-0.2, 0) is 4.79 Å². The summed E-state index contributed by atoms with van der Waals surface area (Å²) < 4.78 is 0. The number of nitrogens with one attached hydrogen (secondary N) is 2. The van der Waals surface area contributed by atoms with Crippen LogP contribution in [0.4, 0.5) is 10.5 Å². The molecule has 1 aliphatic rings. The van der Waals surface area contributed by atoms with Gasteiger partial charge in [0.1, 0.15) is 5.54 Å². The van der Waals surface area contributed by atoms with Crippen molar-refractivity contribution in [3.63, 3.8) is 0 Å². The average Bonchev–Trinajstić information content (AvgIpc) is 2.89. The molecule has 1 fully saturated rings. The van der Waals surface area contributed by atoms with Gasteiger partial charge >= 0.3 is 12.0 Å². The minimum atomic E-state index is -1.11. The van der Waals surface area contributed by atoms with Crippen molar-refractivity contribution in [2.24, 2.45) is 0 Å². The fourth-order valence-corrected chi connectivity index (χ4v) is 3.04. The summed E-state index contributed by atoms with van der Waals surface area (Å²) in [6.45, 7) is 0. The first-order chi connectivity index (χ1) is 9.57. The number of para-hydroxylation sites is 1. The molecule has 108 valence electrons. The van der Waals surface area contributed by atoms with Gasteiger partial charge in [0.05, 0.1) is 5.69 Å². The van der Waals surface area contributed by atoms with Crippen molar-refractivity contribution in [1.29, 1.82) is 0 Å². The Morgan fingerprint density at radius 3 is 2.50 bits per heavy atom. The molecule has 1 aromatic rings. The van der Waals surface area contributed by atoms with Crippen LogP contribution in [0, 0.1) is 0 Å².